The van der Waals surface area contributed by atoms with E-state index in [2.05, 4.69) is 0 Å². The van der Waals surface area contributed by atoms with Gasteiger partial charge in [0, 0.05) is 0 Å². The van der Waals surface area contributed by atoms with Crippen molar-refractivity contribution in [3.8, 4) is 11.5 Å². The quantitative estimate of drug-likeness (QED) is 0.678. The van der Waals surface area contributed by atoms with Crippen molar-refractivity contribution in [2.75, 3.05) is 0 Å². The summed E-state index contributed by atoms with van der Waals surface area (Å²) in [4.78, 5) is 0. The van der Waals surface area contributed by atoms with Crippen molar-refractivity contribution in [2.45, 2.75) is 13.2 Å². The molecule has 3 nitrogen and oxygen atoms in total. The molecule has 0 radical (unpaired) electrons. The van der Waals surface area contributed by atoms with Crippen molar-refractivity contribution in [3.63, 3.8) is 0 Å². The molecule has 3 rings (SSSR count). The van der Waals surface area contributed by atoms with Gasteiger partial charge in [-0.25, -0.2) is 0 Å². The highest BCUT2D eigenvalue weighted by molar-refractivity contribution is 5.55. The molecule has 0 aliphatic carbocycles. The van der Waals surface area contributed by atoms with E-state index >= 15 is 0 Å². The minimum Gasteiger partial charge on any atom is -0.485 e. The second-order valence-electron chi connectivity index (χ2n) is 5.61. The number of ether oxygens (including phenoxy) is 2. The first-order chi connectivity index (χ1) is 12.3. The first-order valence-electron chi connectivity index (χ1n) is 8.21. The average molecular weight is 331 g/mol. The Morgan fingerprint density at radius 1 is 0.680 bits per heavy atom. The molecule has 0 saturated heterocycles. The average Bonchev–Trinajstić information content (AvgIpc) is 2.67. The maximum Gasteiger partial charge on any atom is 0.162 e. The van der Waals surface area contributed by atoms with Crippen LogP contribution in [0.15, 0.2) is 85.1 Å². The minimum atomic E-state index is 0.484. The van der Waals surface area contributed by atoms with Crippen molar-refractivity contribution >= 4 is 6.08 Å². The summed E-state index contributed by atoms with van der Waals surface area (Å²) in [6.45, 7) is 0.979. The lowest BCUT2D eigenvalue weighted by Gasteiger charge is -2.14. The van der Waals surface area contributed by atoms with Gasteiger partial charge >= 0.3 is 0 Å². The molecule has 0 aromatic heterocycles. The molecule has 0 heterocycles. The lowest BCUT2D eigenvalue weighted by Crippen LogP contribution is -2.01. The van der Waals surface area contributed by atoms with Gasteiger partial charge in [0.2, 0.25) is 0 Å². The zero-order valence-electron chi connectivity index (χ0n) is 14.0. The molecule has 0 fully saturated rings. The van der Waals surface area contributed by atoms with E-state index in [4.69, 9.17) is 15.2 Å². The first-order valence-corrected chi connectivity index (χ1v) is 8.21. The third-order valence-electron chi connectivity index (χ3n) is 3.73. The SMILES string of the molecule is NC=Cc1ccc(OCc2ccccc2)c(OCc2ccccc2)c1. The number of rotatable bonds is 7. The van der Waals surface area contributed by atoms with E-state index in [1.807, 2.05) is 84.9 Å². The molecular formula is C22H21NO2. The molecule has 0 amide bonds. The smallest absolute Gasteiger partial charge is 0.162 e. The Morgan fingerprint density at radius 3 is 1.80 bits per heavy atom. The Labute approximate surface area is 148 Å². The fraction of sp³-hybridized carbons (Fsp3) is 0.0909. The van der Waals surface area contributed by atoms with Crippen molar-refractivity contribution in [1.29, 1.82) is 0 Å². The molecule has 0 saturated carbocycles. The fourth-order valence-electron chi connectivity index (χ4n) is 2.44. The molecule has 3 aromatic carbocycles. The summed E-state index contributed by atoms with van der Waals surface area (Å²) in [6.07, 6.45) is 3.34. The molecular weight excluding hydrogens is 310 g/mol. The van der Waals surface area contributed by atoms with E-state index in [9.17, 15) is 0 Å². The molecule has 0 atom stereocenters. The molecule has 25 heavy (non-hydrogen) atoms. The van der Waals surface area contributed by atoms with E-state index in [-0.39, 0.29) is 0 Å². The van der Waals surface area contributed by atoms with Gasteiger partial charge in [0.15, 0.2) is 11.5 Å². The highest BCUT2D eigenvalue weighted by Gasteiger charge is 2.07. The van der Waals surface area contributed by atoms with Crippen LogP contribution in [0, 0.1) is 0 Å². The highest BCUT2D eigenvalue weighted by Crippen LogP contribution is 2.30. The first kappa shape index (κ1) is 16.7. The number of hydrogen-bond donors (Lipinski definition) is 1. The summed E-state index contributed by atoms with van der Waals surface area (Å²) in [7, 11) is 0. The standard InChI is InChI=1S/C22H21NO2/c23-14-13-18-11-12-21(24-16-19-7-3-1-4-8-19)22(15-18)25-17-20-9-5-2-6-10-20/h1-15H,16-17,23H2. The zero-order chi connectivity index (χ0) is 17.3. The summed E-state index contributed by atoms with van der Waals surface area (Å²) in [6, 6.07) is 25.9. The molecule has 0 spiro atoms. The molecule has 0 unspecified atom stereocenters. The van der Waals surface area contributed by atoms with Gasteiger partial charge in [0.25, 0.3) is 0 Å². The maximum atomic E-state index is 6.00. The Balaban J connectivity index is 1.76. The van der Waals surface area contributed by atoms with Crippen LogP contribution in [0.2, 0.25) is 0 Å². The predicted molar refractivity (Wildman–Crippen MR) is 101 cm³/mol. The van der Waals surface area contributed by atoms with Crippen LogP contribution < -0.4 is 15.2 Å². The topological polar surface area (TPSA) is 44.5 Å². The van der Waals surface area contributed by atoms with Gasteiger partial charge < -0.3 is 15.2 Å². The second kappa shape index (κ2) is 8.60. The van der Waals surface area contributed by atoms with Crippen LogP contribution in [-0.2, 0) is 13.2 Å². The van der Waals surface area contributed by atoms with Crippen LogP contribution in [-0.4, -0.2) is 0 Å². The van der Waals surface area contributed by atoms with Gasteiger partial charge in [-0.3, -0.25) is 0 Å². The summed E-state index contributed by atoms with van der Waals surface area (Å²) >= 11 is 0. The number of nitrogens with two attached hydrogens (primary N) is 1. The van der Waals surface area contributed by atoms with Gasteiger partial charge in [-0.1, -0.05) is 66.7 Å². The van der Waals surface area contributed by atoms with Crippen LogP contribution in [0.1, 0.15) is 16.7 Å². The molecule has 3 aromatic rings. The molecule has 3 heteroatoms. The van der Waals surface area contributed by atoms with Gasteiger partial charge in [-0.05, 0) is 41.1 Å². The summed E-state index contributed by atoms with van der Waals surface area (Å²) in [5, 5.41) is 0. The van der Waals surface area contributed by atoms with Crippen LogP contribution in [0.4, 0.5) is 0 Å². The minimum absolute atomic E-state index is 0.484. The van der Waals surface area contributed by atoms with Gasteiger partial charge in [-0.2, -0.15) is 0 Å². The van der Waals surface area contributed by atoms with Gasteiger partial charge in [-0.15, -0.1) is 0 Å². The molecule has 126 valence electrons. The van der Waals surface area contributed by atoms with Crippen LogP contribution >= 0.6 is 0 Å². The van der Waals surface area contributed by atoms with Crippen molar-refractivity contribution < 1.29 is 9.47 Å². The molecule has 0 aliphatic rings. The van der Waals surface area contributed by atoms with Crippen LogP contribution in [0.25, 0.3) is 6.08 Å². The van der Waals surface area contributed by atoms with E-state index in [0.29, 0.717) is 24.7 Å². The van der Waals surface area contributed by atoms with Crippen molar-refractivity contribution in [1.82, 2.24) is 0 Å². The Hall–Kier alpha value is -3.20. The normalized spacial score (nSPS) is 10.7. The number of benzene rings is 3. The number of hydrogen-bond acceptors (Lipinski definition) is 3. The second-order valence-corrected chi connectivity index (χ2v) is 5.61. The lowest BCUT2D eigenvalue weighted by molar-refractivity contribution is 0.256. The lowest BCUT2D eigenvalue weighted by atomic mass is 10.2. The summed E-state index contributed by atoms with van der Waals surface area (Å²) < 4.78 is 12.0. The highest BCUT2D eigenvalue weighted by atomic mass is 16.5. The Kier molecular flexibility index (Phi) is 5.73. The maximum absolute atomic E-state index is 6.00. The molecule has 0 aliphatic heterocycles. The van der Waals surface area contributed by atoms with Crippen molar-refractivity contribution in [3.05, 3.63) is 102 Å². The van der Waals surface area contributed by atoms with Gasteiger partial charge in [0.05, 0.1) is 0 Å². The fourth-order valence-corrected chi connectivity index (χ4v) is 2.44. The van der Waals surface area contributed by atoms with E-state index in [1.165, 1.54) is 6.20 Å². The third-order valence-corrected chi connectivity index (χ3v) is 3.73. The van der Waals surface area contributed by atoms with Crippen molar-refractivity contribution in [2.24, 2.45) is 5.73 Å². The summed E-state index contributed by atoms with van der Waals surface area (Å²) in [5.41, 5.74) is 8.69. The third kappa shape index (κ3) is 4.88. The molecule has 0 bridgehead atoms. The zero-order valence-corrected chi connectivity index (χ0v) is 14.0. The largest absolute Gasteiger partial charge is 0.485 e. The van der Waals surface area contributed by atoms with Gasteiger partial charge in [0.1, 0.15) is 13.2 Å². The summed E-state index contributed by atoms with van der Waals surface area (Å²) in [5.74, 6) is 1.42. The Morgan fingerprint density at radius 2 is 1.24 bits per heavy atom. The molecule has 2 N–H and O–H groups in total. The monoisotopic (exact) mass is 331 g/mol. The van der Waals surface area contributed by atoms with E-state index in [0.717, 1.165) is 16.7 Å². The van der Waals surface area contributed by atoms with E-state index < -0.39 is 0 Å². The Bertz CT molecular complexity index is 814. The van der Waals surface area contributed by atoms with Crippen LogP contribution in [0.5, 0.6) is 11.5 Å². The predicted octanol–water partition coefficient (Wildman–Crippen LogP) is 4.77. The van der Waals surface area contributed by atoms with E-state index in [1.54, 1.807) is 0 Å². The van der Waals surface area contributed by atoms with Crippen LogP contribution in [0.3, 0.4) is 0 Å².